The fraction of sp³-hybridized carbons (Fsp3) is 0.423. The molecule has 2 rings (SSSR count). The lowest BCUT2D eigenvalue weighted by Crippen LogP contribution is -2.07. The van der Waals surface area contributed by atoms with E-state index in [0.29, 0.717) is 17.7 Å². The Labute approximate surface area is 180 Å². The van der Waals surface area contributed by atoms with Crippen LogP contribution in [0.1, 0.15) is 82.3 Å². The second-order valence-electron chi connectivity index (χ2n) is 7.74. The third-order valence-corrected chi connectivity index (χ3v) is 4.99. The van der Waals surface area contributed by atoms with E-state index in [1.807, 2.05) is 18.2 Å². The number of phenols is 2. The van der Waals surface area contributed by atoms with Crippen molar-refractivity contribution in [3.8, 4) is 17.2 Å². The molecule has 162 valence electrons. The molecule has 2 aromatic carbocycles. The zero-order valence-electron chi connectivity index (χ0n) is 18.0. The normalized spacial score (nSPS) is 11.1. The minimum absolute atomic E-state index is 0.0175. The minimum Gasteiger partial charge on any atom is -0.508 e. The number of benzene rings is 2. The Morgan fingerprint density at radius 1 is 0.767 bits per heavy atom. The number of carbonyl (C=O) groups is 1. The fourth-order valence-corrected chi connectivity index (χ4v) is 3.32. The van der Waals surface area contributed by atoms with Gasteiger partial charge in [0.2, 0.25) is 0 Å². The third kappa shape index (κ3) is 9.64. The smallest absolute Gasteiger partial charge is 0.311 e. The minimum atomic E-state index is -0.184. The number of carbonyl (C=O) groups excluding carboxylic acids is 1. The average Bonchev–Trinajstić information content (AvgIpc) is 2.71. The molecule has 4 nitrogen and oxygen atoms in total. The molecule has 0 spiro atoms. The summed E-state index contributed by atoms with van der Waals surface area (Å²) in [7, 11) is 0. The molecule has 0 saturated heterocycles. The van der Waals surface area contributed by atoms with E-state index in [1.165, 1.54) is 51.0 Å². The van der Waals surface area contributed by atoms with Crippen molar-refractivity contribution in [2.45, 2.75) is 71.1 Å². The summed E-state index contributed by atoms with van der Waals surface area (Å²) in [6.07, 6.45) is 15.1. The predicted octanol–water partition coefficient (Wildman–Crippen LogP) is 7.09. The number of aromatic hydroxyl groups is 2. The summed E-state index contributed by atoms with van der Waals surface area (Å²) in [6, 6.07) is 11.7. The van der Waals surface area contributed by atoms with Gasteiger partial charge >= 0.3 is 5.97 Å². The largest absolute Gasteiger partial charge is 0.508 e. The van der Waals surface area contributed by atoms with Crippen LogP contribution in [-0.4, -0.2) is 16.2 Å². The van der Waals surface area contributed by atoms with Crippen molar-refractivity contribution in [2.24, 2.45) is 0 Å². The maximum atomic E-state index is 12.0. The van der Waals surface area contributed by atoms with Gasteiger partial charge in [0.05, 0.1) is 0 Å². The first kappa shape index (κ1) is 23.5. The van der Waals surface area contributed by atoms with E-state index in [4.69, 9.17) is 4.74 Å². The summed E-state index contributed by atoms with van der Waals surface area (Å²) >= 11 is 0. The Hall–Kier alpha value is -2.75. The molecule has 0 heterocycles. The monoisotopic (exact) mass is 410 g/mol. The van der Waals surface area contributed by atoms with Crippen LogP contribution in [-0.2, 0) is 4.79 Å². The lowest BCUT2D eigenvalue weighted by molar-refractivity contribution is -0.134. The second kappa shape index (κ2) is 13.5. The highest BCUT2D eigenvalue weighted by atomic mass is 16.5. The number of esters is 1. The molecule has 0 fully saturated rings. The summed E-state index contributed by atoms with van der Waals surface area (Å²) in [4.78, 5) is 12.0. The Balaban J connectivity index is 1.66. The first-order valence-electron chi connectivity index (χ1n) is 11.1. The van der Waals surface area contributed by atoms with Crippen LogP contribution >= 0.6 is 0 Å². The average molecular weight is 411 g/mol. The van der Waals surface area contributed by atoms with Gasteiger partial charge in [-0.1, -0.05) is 82.6 Å². The molecule has 4 heteroatoms. The van der Waals surface area contributed by atoms with Gasteiger partial charge in [-0.25, -0.2) is 0 Å². The quantitative estimate of drug-likeness (QED) is 0.160. The van der Waals surface area contributed by atoms with Gasteiger partial charge in [0.25, 0.3) is 0 Å². The molecule has 0 aliphatic rings. The SMILES string of the molecule is CCCCCCCCCCCC(=O)Oc1ccc(/C=C/c2cc(O)cc(O)c2)cc1. The van der Waals surface area contributed by atoms with Crippen molar-refractivity contribution in [3.63, 3.8) is 0 Å². The summed E-state index contributed by atoms with van der Waals surface area (Å²) in [5, 5.41) is 19.0. The van der Waals surface area contributed by atoms with Gasteiger partial charge in [-0.3, -0.25) is 4.79 Å². The third-order valence-electron chi connectivity index (χ3n) is 4.99. The standard InChI is InChI=1S/C26H34O4/c1-2-3-4-5-6-7-8-9-10-11-26(29)30-25-16-14-21(15-17-25)12-13-22-18-23(27)20-24(28)19-22/h12-20,27-28H,2-11H2,1H3/b13-12+. The van der Waals surface area contributed by atoms with Crippen molar-refractivity contribution in [2.75, 3.05) is 0 Å². The van der Waals surface area contributed by atoms with Crippen LogP contribution in [0.4, 0.5) is 0 Å². The number of hydrogen-bond acceptors (Lipinski definition) is 4. The Morgan fingerprint density at radius 2 is 1.30 bits per heavy atom. The van der Waals surface area contributed by atoms with Crippen molar-refractivity contribution < 1.29 is 19.7 Å². The van der Waals surface area contributed by atoms with Gasteiger partial charge in [-0.05, 0) is 41.8 Å². The highest BCUT2D eigenvalue weighted by Gasteiger charge is 2.05. The van der Waals surface area contributed by atoms with Crippen LogP contribution in [0.25, 0.3) is 12.2 Å². The van der Waals surface area contributed by atoms with Crippen LogP contribution in [0.3, 0.4) is 0 Å². The molecule has 2 aromatic rings. The Morgan fingerprint density at radius 3 is 1.90 bits per heavy atom. The molecule has 0 amide bonds. The van der Waals surface area contributed by atoms with Crippen LogP contribution in [0.5, 0.6) is 17.2 Å². The van der Waals surface area contributed by atoms with Crippen LogP contribution < -0.4 is 4.74 Å². The molecule has 0 saturated carbocycles. The molecule has 2 N–H and O–H groups in total. The van der Waals surface area contributed by atoms with Crippen molar-refractivity contribution in [1.82, 2.24) is 0 Å². The maximum absolute atomic E-state index is 12.0. The Bertz CT molecular complexity index is 773. The van der Waals surface area contributed by atoms with E-state index in [0.717, 1.165) is 18.4 Å². The Kier molecular flexibility index (Phi) is 10.6. The molecular weight excluding hydrogens is 376 g/mol. The summed E-state index contributed by atoms with van der Waals surface area (Å²) in [5.41, 5.74) is 1.63. The van der Waals surface area contributed by atoms with Crippen molar-refractivity contribution >= 4 is 18.1 Å². The second-order valence-corrected chi connectivity index (χ2v) is 7.74. The van der Waals surface area contributed by atoms with Gasteiger partial charge in [-0.15, -0.1) is 0 Å². The molecular formula is C26H34O4. The topological polar surface area (TPSA) is 66.8 Å². The van der Waals surface area contributed by atoms with Crippen molar-refractivity contribution in [3.05, 3.63) is 53.6 Å². The first-order valence-corrected chi connectivity index (χ1v) is 11.1. The summed E-state index contributed by atoms with van der Waals surface area (Å²) in [5.74, 6) is 0.396. The maximum Gasteiger partial charge on any atom is 0.311 e. The summed E-state index contributed by atoms with van der Waals surface area (Å²) < 4.78 is 5.41. The molecule has 0 aliphatic carbocycles. The van der Waals surface area contributed by atoms with E-state index in [9.17, 15) is 15.0 Å². The molecule has 0 atom stereocenters. The fourth-order valence-electron chi connectivity index (χ4n) is 3.32. The number of ether oxygens (including phenoxy) is 1. The molecule has 0 radical (unpaired) electrons. The van der Waals surface area contributed by atoms with Crippen LogP contribution in [0.2, 0.25) is 0 Å². The highest BCUT2D eigenvalue weighted by molar-refractivity contribution is 5.73. The lowest BCUT2D eigenvalue weighted by Gasteiger charge is -2.05. The van der Waals surface area contributed by atoms with Gasteiger partial charge in [0.15, 0.2) is 0 Å². The zero-order chi connectivity index (χ0) is 21.6. The predicted molar refractivity (Wildman–Crippen MR) is 123 cm³/mol. The zero-order valence-corrected chi connectivity index (χ0v) is 18.0. The van der Waals surface area contributed by atoms with Crippen LogP contribution in [0, 0.1) is 0 Å². The van der Waals surface area contributed by atoms with Crippen LogP contribution in [0.15, 0.2) is 42.5 Å². The molecule has 0 unspecified atom stereocenters. The van der Waals surface area contributed by atoms with E-state index < -0.39 is 0 Å². The van der Waals surface area contributed by atoms with E-state index in [1.54, 1.807) is 30.3 Å². The van der Waals surface area contributed by atoms with Gasteiger partial charge in [-0.2, -0.15) is 0 Å². The summed E-state index contributed by atoms with van der Waals surface area (Å²) in [6.45, 7) is 2.23. The van der Waals surface area contributed by atoms with Gasteiger partial charge < -0.3 is 14.9 Å². The number of unbranched alkanes of at least 4 members (excludes halogenated alkanes) is 8. The molecule has 0 aromatic heterocycles. The van der Waals surface area contributed by atoms with Crippen molar-refractivity contribution in [1.29, 1.82) is 0 Å². The molecule has 0 bridgehead atoms. The highest BCUT2D eigenvalue weighted by Crippen LogP contribution is 2.22. The van der Waals surface area contributed by atoms with Gasteiger partial charge in [0, 0.05) is 12.5 Å². The number of phenolic OH excluding ortho intramolecular Hbond substituents is 2. The molecule has 0 aliphatic heterocycles. The van der Waals surface area contributed by atoms with E-state index >= 15 is 0 Å². The molecule has 30 heavy (non-hydrogen) atoms. The van der Waals surface area contributed by atoms with E-state index in [2.05, 4.69) is 6.92 Å². The first-order chi connectivity index (χ1) is 14.6. The lowest BCUT2D eigenvalue weighted by atomic mass is 10.1. The van der Waals surface area contributed by atoms with E-state index in [-0.39, 0.29) is 17.5 Å². The number of hydrogen-bond donors (Lipinski definition) is 2. The van der Waals surface area contributed by atoms with Gasteiger partial charge in [0.1, 0.15) is 17.2 Å². The number of rotatable bonds is 13.